The molecule has 0 spiro atoms. The lowest BCUT2D eigenvalue weighted by Gasteiger charge is -2.21. The second-order valence-corrected chi connectivity index (χ2v) is 6.63. The van der Waals surface area contributed by atoms with Crippen LogP contribution in [0.25, 0.3) is 10.9 Å². The average Bonchev–Trinajstić information content (AvgIpc) is 3.17. The second kappa shape index (κ2) is 6.63. The van der Waals surface area contributed by atoms with Gasteiger partial charge in [-0.1, -0.05) is 30.4 Å². The Morgan fingerprint density at radius 1 is 1.08 bits per heavy atom. The number of benzene rings is 1. The van der Waals surface area contributed by atoms with Crippen LogP contribution in [0.4, 0.5) is 11.8 Å². The smallest absolute Gasteiger partial charge is 0.227 e. The van der Waals surface area contributed by atoms with Crippen LogP contribution >= 0.6 is 0 Å². The third-order valence-electron chi connectivity index (χ3n) is 4.86. The molecular weight excluding hydrogens is 296 g/mol. The minimum atomic E-state index is 0.242. The van der Waals surface area contributed by atoms with E-state index in [2.05, 4.69) is 53.6 Å². The first-order valence-corrected chi connectivity index (χ1v) is 8.96. The lowest BCUT2D eigenvalue weighted by molar-refractivity contribution is 0.881. The van der Waals surface area contributed by atoms with E-state index in [0.29, 0.717) is 0 Å². The van der Waals surface area contributed by atoms with Crippen molar-refractivity contribution in [2.75, 3.05) is 23.3 Å². The number of para-hydroxylation sites is 1. The first-order chi connectivity index (χ1) is 11.8. The largest absolute Gasteiger partial charge is 0.363 e. The molecule has 1 aromatic heterocycles. The zero-order valence-electron chi connectivity index (χ0n) is 14.2. The fourth-order valence-electron chi connectivity index (χ4n) is 3.48. The Balaban J connectivity index is 1.69. The van der Waals surface area contributed by atoms with Gasteiger partial charge in [0.1, 0.15) is 5.82 Å². The number of hydrogen-bond donors (Lipinski definition) is 1. The van der Waals surface area contributed by atoms with Gasteiger partial charge in [0.2, 0.25) is 5.95 Å². The molecule has 1 unspecified atom stereocenters. The van der Waals surface area contributed by atoms with Crippen LogP contribution in [0.5, 0.6) is 0 Å². The van der Waals surface area contributed by atoms with Crippen molar-refractivity contribution in [3.8, 4) is 0 Å². The van der Waals surface area contributed by atoms with Crippen molar-refractivity contribution in [1.82, 2.24) is 9.97 Å². The molecule has 1 fully saturated rings. The van der Waals surface area contributed by atoms with Crippen LogP contribution in [0.15, 0.2) is 48.1 Å². The highest BCUT2D eigenvalue weighted by atomic mass is 15.3. The molecule has 2 aliphatic rings. The minimum Gasteiger partial charge on any atom is -0.363 e. The Bertz CT molecular complexity index is 787. The summed E-state index contributed by atoms with van der Waals surface area (Å²) in [7, 11) is 0. The summed E-state index contributed by atoms with van der Waals surface area (Å²) >= 11 is 0. The monoisotopic (exact) mass is 320 g/mol. The zero-order valence-corrected chi connectivity index (χ0v) is 14.2. The van der Waals surface area contributed by atoms with Crippen LogP contribution in [0.1, 0.15) is 32.6 Å². The molecule has 1 aliphatic carbocycles. The highest BCUT2D eigenvalue weighted by molar-refractivity contribution is 5.90. The predicted molar refractivity (Wildman–Crippen MR) is 101 cm³/mol. The molecule has 1 N–H and O–H groups in total. The van der Waals surface area contributed by atoms with E-state index in [1.54, 1.807) is 0 Å². The number of anilines is 2. The molecule has 1 atom stereocenters. The van der Waals surface area contributed by atoms with E-state index in [0.717, 1.165) is 48.6 Å². The highest BCUT2D eigenvalue weighted by Crippen LogP contribution is 2.27. The molecule has 4 heteroatoms. The Hall–Kier alpha value is -2.36. The van der Waals surface area contributed by atoms with E-state index in [-0.39, 0.29) is 6.04 Å². The van der Waals surface area contributed by atoms with Crippen molar-refractivity contribution >= 4 is 22.7 Å². The Kier molecular flexibility index (Phi) is 4.20. The summed E-state index contributed by atoms with van der Waals surface area (Å²) in [5.41, 5.74) is 2.35. The molecular formula is C20H24N4. The van der Waals surface area contributed by atoms with Gasteiger partial charge in [0, 0.05) is 24.5 Å². The Morgan fingerprint density at radius 3 is 2.71 bits per heavy atom. The topological polar surface area (TPSA) is 41.1 Å². The number of fused-ring (bicyclic) bond motifs is 1. The number of allylic oxidation sites excluding steroid dienone is 2. The van der Waals surface area contributed by atoms with Crippen LogP contribution in [0.2, 0.25) is 0 Å². The molecule has 2 heterocycles. The quantitative estimate of drug-likeness (QED) is 0.911. The third-order valence-corrected chi connectivity index (χ3v) is 4.86. The maximum Gasteiger partial charge on any atom is 0.227 e. The van der Waals surface area contributed by atoms with Gasteiger partial charge in [0.25, 0.3) is 0 Å². The van der Waals surface area contributed by atoms with Gasteiger partial charge in [-0.15, -0.1) is 0 Å². The molecule has 1 aromatic carbocycles. The van der Waals surface area contributed by atoms with Crippen molar-refractivity contribution in [2.24, 2.45) is 0 Å². The molecule has 24 heavy (non-hydrogen) atoms. The lowest BCUT2D eigenvalue weighted by Crippen LogP contribution is -2.23. The van der Waals surface area contributed by atoms with E-state index in [1.165, 1.54) is 18.4 Å². The molecule has 0 bridgehead atoms. The lowest BCUT2D eigenvalue weighted by atomic mass is 10.0. The standard InChI is InChI=1S/C20H24N4/c1-15(16-9-3-2-4-10-16)21-19-17-11-5-6-12-18(17)22-20(23-19)24-13-7-8-14-24/h3,5-6,9-12,15H,2,4,7-8,13-14H2,1H3,(H,21,22,23). The number of rotatable bonds is 4. The molecule has 4 nitrogen and oxygen atoms in total. The number of aromatic nitrogens is 2. The summed E-state index contributed by atoms with van der Waals surface area (Å²) in [5, 5.41) is 4.71. The van der Waals surface area contributed by atoms with Crippen molar-refractivity contribution in [3.05, 3.63) is 48.1 Å². The molecule has 0 radical (unpaired) electrons. The maximum absolute atomic E-state index is 4.87. The van der Waals surface area contributed by atoms with E-state index in [9.17, 15) is 0 Å². The zero-order chi connectivity index (χ0) is 16.4. The molecule has 124 valence electrons. The van der Waals surface area contributed by atoms with Gasteiger partial charge in [-0.3, -0.25) is 0 Å². The summed E-state index contributed by atoms with van der Waals surface area (Å²) in [6.45, 7) is 4.32. The van der Waals surface area contributed by atoms with Gasteiger partial charge in [-0.05, 0) is 50.3 Å². The number of nitrogens with one attached hydrogen (secondary N) is 1. The fraction of sp³-hybridized carbons (Fsp3) is 0.400. The van der Waals surface area contributed by atoms with E-state index in [1.807, 2.05) is 6.07 Å². The summed E-state index contributed by atoms with van der Waals surface area (Å²) in [6.07, 6.45) is 11.5. The minimum absolute atomic E-state index is 0.242. The van der Waals surface area contributed by atoms with Crippen molar-refractivity contribution in [1.29, 1.82) is 0 Å². The van der Waals surface area contributed by atoms with Gasteiger partial charge in [0.15, 0.2) is 0 Å². The van der Waals surface area contributed by atoms with Crippen LogP contribution in [0, 0.1) is 0 Å². The maximum atomic E-state index is 4.87. The molecule has 4 rings (SSSR count). The third kappa shape index (κ3) is 3.01. The number of hydrogen-bond acceptors (Lipinski definition) is 4. The number of nitrogens with zero attached hydrogens (tertiary/aromatic N) is 3. The first kappa shape index (κ1) is 15.2. The molecule has 0 saturated carbocycles. The molecule has 2 aromatic rings. The van der Waals surface area contributed by atoms with Crippen molar-refractivity contribution < 1.29 is 0 Å². The van der Waals surface area contributed by atoms with Crippen LogP contribution < -0.4 is 10.2 Å². The fourth-order valence-corrected chi connectivity index (χ4v) is 3.48. The average molecular weight is 320 g/mol. The summed E-state index contributed by atoms with van der Waals surface area (Å²) < 4.78 is 0. The van der Waals surface area contributed by atoms with Gasteiger partial charge < -0.3 is 10.2 Å². The van der Waals surface area contributed by atoms with Crippen molar-refractivity contribution in [3.63, 3.8) is 0 Å². The molecule has 1 saturated heterocycles. The summed E-state index contributed by atoms with van der Waals surface area (Å²) in [6, 6.07) is 8.51. The van der Waals surface area contributed by atoms with Gasteiger partial charge in [-0.25, -0.2) is 4.98 Å². The SMILES string of the molecule is CC(Nc1nc(N2CCCC2)nc2ccccc12)C1=CCCC=C1. The molecule has 0 amide bonds. The molecule has 1 aliphatic heterocycles. The van der Waals surface area contributed by atoms with Crippen LogP contribution in [-0.2, 0) is 0 Å². The predicted octanol–water partition coefficient (Wildman–Crippen LogP) is 4.31. The second-order valence-electron chi connectivity index (χ2n) is 6.63. The summed E-state index contributed by atoms with van der Waals surface area (Å²) in [5.74, 6) is 1.80. The normalized spacial score (nSPS) is 18.7. The first-order valence-electron chi connectivity index (χ1n) is 8.96. The van der Waals surface area contributed by atoms with Crippen molar-refractivity contribution in [2.45, 2.75) is 38.6 Å². The van der Waals surface area contributed by atoms with Crippen LogP contribution in [0.3, 0.4) is 0 Å². The van der Waals surface area contributed by atoms with E-state index < -0.39 is 0 Å². The van der Waals surface area contributed by atoms with E-state index >= 15 is 0 Å². The highest BCUT2D eigenvalue weighted by Gasteiger charge is 2.18. The Labute approximate surface area is 143 Å². The van der Waals surface area contributed by atoms with Gasteiger partial charge >= 0.3 is 0 Å². The Morgan fingerprint density at radius 2 is 1.92 bits per heavy atom. The van der Waals surface area contributed by atoms with Crippen LogP contribution in [-0.4, -0.2) is 29.1 Å². The van der Waals surface area contributed by atoms with E-state index in [4.69, 9.17) is 9.97 Å². The van der Waals surface area contributed by atoms with Gasteiger partial charge in [0.05, 0.1) is 5.52 Å². The van der Waals surface area contributed by atoms with Gasteiger partial charge in [-0.2, -0.15) is 4.98 Å². The summed E-state index contributed by atoms with van der Waals surface area (Å²) in [4.78, 5) is 11.9.